The summed E-state index contributed by atoms with van der Waals surface area (Å²) in [7, 11) is 0. The maximum absolute atomic E-state index is 13.6. The van der Waals surface area contributed by atoms with Crippen molar-refractivity contribution < 1.29 is 4.79 Å². The monoisotopic (exact) mass is 333 g/mol. The predicted molar refractivity (Wildman–Crippen MR) is 99.0 cm³/mol. The Bertz CT molecular complexity index is 769. The topological polar surface area (TPSA) is 65.0 Å². The molecule has 0 radical (unpaired) electrons. The van der Waals surface area contributed by atoms with Crippen molar-refractivity contribution in [2.75, 3.05) is 6.54 Å². The molecule has 0 aliphatic rings. The Balaban J connectivity index is 1.81. The third-order valence-electron chi connectivity index (χ3n) is 3.91. The number of aromatic nitrogens is 1. The lowest BCUT2D eigenvalue weighted by Crippen LogP contribution is -2.50. The van der Waals surface area contributed by atoms with E-state index in [9.17, 15) is 10.0 Å². The summed E-state index contributed by atoms with van der Waals surface area (Å²) >= 11 is 0. The van der Waals surface area contributed by atoms with Crippen molar-refractivity contribution >= 4 is 17.4 Å². The molecule has 5 heteroatoms. The predicted octanol–water partition coefficient (Wildman–Crippen LogP) is 4.17. The first kappa shape index (κ1) is 16.8. The highest BCUT2D eigenvalue weighted by molar-refractivity contribution is 5.94. The molecule has 1 N–H and O–H groups in total. The maximum Gasteiger partial charge on any atom is 0.426 e. The van der Waals surface area contributed by atoms with E-state index in [0.717, 1.165) is 5.69 Å². The van der Waals surface area contributed by atoms with Gasteiger partial charge >= 0.3 is 6.03 Å². The standard InChI is InChI=1S/C20H19N3O2/c24-20(22-16-14-17-9-7-8-15-21-17)23(25,18-10-3-1-4-11-18)19-12-5-2-6-13-19/h1-13,15H,14,16H2,(H,22,24). The molecule has 0 aliphatic carbocycles. The van der Waals surface area contributed by atoms with Gasteiger partial charge in [0.1, 0.15) is 11.4 Å². The van der Waals surface area contributed by atoms with Crippen LogP contribution in [0.5, 0.6) is 0 Å². The van der Waals surface area contributed by atoms with Crippen molar-refractivity contribution in [2.45, 2.75) is 6.42 Å². The van der Waals surface area contributed by atoms with Gasteiger partial charge in [-0.1, -0.05) is 42.5 Å². The van der Waals surface area contributed by atoms with E-state index in [4.69, 9.17) is 0 Å². The molecule has 0 aliphatic heterocycles. The zero-order valence-corrected chi connectivity index (χ0v) is 13.7. The fourth-order valence-corrected chi connectivity index (χ4v) is 2.61. The number of nitrogens with zero attached hydrogens (tertiary/aromatic N) is 2. The van der Waals surface area contributed by atoms with E-state index < -0.39 is 10.7 Å². The van der Waals surface area contributed by atoms with Gasteiger partial charge in [0.25, 0.3) is 0 Å². The molecule has 1 heterocycles. The van der Waals surface area contributed by atoms with Crippen LogP contribution in [-0.2, 0) is 6.42 Å². The molecule has 25 heavy (non-hydrogen) atoms. The van der Waals surface area contributed by atoms with E-state index in [0.29, 0.717) is 24.3 Å². The second kappa shape index (κ2) is 7.70. The number of nitrogens with one attached hydrogen (secondary N) is 1. The summed E-state index contributed by atoms with van der Waals surface area (Å²) in [5.41, 5.74) is 1.60. The van der Waals surface area contributed by atoms with Crippen LogP contribution in [-0.4, -0.2) is 17.6 Å². The van der Waals surface area contributed by atoms with Gasteiger partial charge in [0.15, 0.2) is 0 Å². The third-order valence-corrected chi connectivity index (χ3v) is 3.91. The number of amides is 2. The number of urea groups is 1. The SMILES string of the molecule is O=C(NCCc1ccccn1)[N+]([O-])(c1ccccc1)c1ccccc1. The lowest BCUT2D eigenvalue weighted by atomic mass is 10.2. The average molecular weight is 333 g/mol. The van der Waals surface area contributed by atoms with Gasteiger partial charge in [-0.05, 0) is 12.1 Å². The van der Waals surface area contributed by atoms with Crippen molar-refractivity contribution in [3.8, 4) is 0 Å². The van der Waals surface area contributed by atoms with Crippen LogP contribution in [0.2, 0.25) is 0 Å². The van der Waals surface area contributed by atoms with Gasteiger partial charge in [0, 0.05) is 49.1 Å². The summed E-state index contributed by atoms with van der Waals surface area (Å²) in [5.74, 6) is 0. The molecule has 2 amide bonds. The van der Waals surface area contributed by atoms with Gasteiger partial charge in [-0.2, -0.15) is 0 Å². The van der Waals surface area contributed by atoms with Gasteiger partial charge in [0.05, 0.1) is 0 Å². The summed E-state index contributed by atoms with van der Waals surface area (Å²) in [4.78, 5) is 17.0. The summed E-state index contributed by atoms with van der Waals surface area (Å²) in [6.07, 6.45) is 2.27. The molecule has 2 aromatic carbocycles. The molecule has 1 aromatic heterocycles. The molecular weight excluding hydrogens is 314 g/mol. The van der Waals surface area contributed by atoms with Crippen LogP contribution in [0.1, 0.15) is 5.69 Å². The van der Waals surface area contributed by atoms with Crippen LogP contribution in [0, 0.1) is 5.21 Å². The molecule has 0 saturated carbocycles. The van der Waals surface area contributed by atoms with Gasteiger partial charge in [0.2, 0.25) is 0 Å². The number of carbonyl (C=O) groups excluding carboxylic acids is 1. The van der Waals surface area contributed by atoms with Crippen LogP contribution < -0.4 is 9.96 Å². The van der Waals surface area contributed by atoms with Crippen LogP contribution in [0.3, 0.4) is 0 Å². The lowest BCUT2D eigenvalue weighted by molar-refractivity contribution is 0.227. The average Bonchev–Trinajstić information content (AvgIpc) is 2.69. The molecule has 5 nitrogen and oxygen atoms in total. The minimum absolute atomic E-state index is 0.345. The number of quaternary nitrogens is 1. The molecule has 0 fully saturated rings. The van der Waals surface area contributed by atoms with Gasteiger partial charge in [-0.3, -0.25) is 4.98 Å². The second-order valence-corrected chi connectivity index (χ2v) is 5.58. The van der Waals surface area contributed by atoms with Crippen molar-refractivity contribution in [1.29, 1.82) is 0 Å². The quantitative estimate of drug-likeness (QED) is 0.563. The van der Waals surface area contributed by atoms with Crippen molar-refractivity contribution in [3.63, 3.8) is 0 Å². The van der Waals surface area contributed by atoms with Gasteiger partial charge in [-0.25, -0.2) is 9.44 Å². The van der Waals surface area contributed by atoms with Crippen molar-refractivity contribution in [3.05, 3.63) is 96.0 Å². The molecule has 0 unspecified atom stereocenters. The fraction of sp³-hybridized carbons (Fsp3) is 0.100. The van der Waals surface area contributed by atoms with Crippen LogP contribution >= 0.6 is 0 Å². The van der Waals surface area contributed by atoms with E-state index in [2.05, 4.69) is 10.3 Å². The zero-order valence-electron chi connectivity index (χ0n) is 13.7. The highest BCUT2D eigenvalue weighted by Crippen LogP contribution is 2.33. The Kier molecular flexibility index (Phi) is 5.18. The minimum atomic E-state index is -1.18. The van der Waals surface area contributed by atoms with E-state index in [1.807, 2.05) is 30.3 Å². The number of pyridine rings is 1. The number of benzene rings is 2. The molecule has 0 atom stereocenters. The number of carbonyl (C=O) groups is 1. The number of rotatable bonds is 5. The zero-order chi connectivity index (χ0) is 17.5. The summed E-state index contributed by atoms with van der Waals surface area (Å²) in [5, 5.41) is 16.3. The van der Waals surface area contributed by atoms with Crippen LogP contribution in [0.15, 0.2) is 85.1 Å². The minimum Gasteiger partial charge on any atom is -0.613 e. The van der Waals surface area contributed by atoms with Crippen LogP contribution in [0.25, 0.3) is 0 Å². The van der Waals surface area contributed by atoms with Gasteiger partial charge in [-0.15, -0.1) is 0 Å². The highest BCUT2D eigenvalue weighted by Gasteiger charge is 2.32. The molecule has 3 rings (SSSR count). The second-order valence-electron chi connectivity index (χ2n) is 5.58. The smallest absolute Gasteiger partial charge is 0.426 e. The highest BCUT2D eigenvalue weighted by atomic mass is 16.6. The summed E-state index contributed by atoms with van der Waals surface area (Å²) in [6.45, 7) is 0.345. The summed E-state index contributed by atoms with van der Waals surface area (Å²) < 4.78 is -1.18. The maximum atomic E-state index is 13.6. The Hall–Kier alpha value is -3.02. The Labute approximate surface area is 146 Å². The van der Waals surface area contributed by atoms with E-state index in [-0.39, 0.29) is 0 Å². The molecule has 0 bridgehead atoms. The largest absolute Gasteiger partial charge is 0.613 e. The normalized spacial score (nSPS) is 11.1. The fourth-order valence-electron chi connectivity index (χ4n) is 2.61. The van der Waals surface area contributed by atoms with E-state index in [1.165, 1.54) is 0 Å². The first-order chi connectivity index (χ1) is 12.2. The molecule has 3 aromatic rings. The first-order valence-corrected chi connectivity index (χ1v) is 8.11. The number of hydrogen-bond donors (Lipinski definition) is 1. The Morgan fingerprint density at radius 3 is 1.96 bits per heavy atom. The van der Waals surface area contributed by atoms with Crippen molar-refractivity contribution in [2.24, 2.45) is 0 Å². The number of hydrogen-bond acceptors (Lipinski definition) is 3. The summed E-state index contributed by atoms with van der Waals surface area (Å²) in [6, 6.07) is 22.3. The molecular formula is C20H19N3O2. The first-order valence-electron chi connectivity index (χ1n) is 8.11. The Morgan fingerprint density at radius 1 is 0.880 bits per heavy atom. The third kappa shape index (κ3) is 3.74. The molecule has 126 valence electrons. The van der Waals surface area contributed by atoms with E-state index >= 15 is 0 Å². The van der Waals surface area contributed by atoms with E-state index in [1.54, 1.807) is 54.7 Å². The van der Waals surface area contributed by atoms with Crippen molar-refractivity contribution in [1.82, 2.24) is 14.9 Å². The Morgan fingerprint density at radius 2 is 1.44 bits per heavy atom. The molecule has 0 saturated heterocycles. The number of para-hydroxylation sites is 2. The van der Waals surface area contributed by atoms with Crippen LogP contribution in [0.4, 0.5) is 16.2 Å². The number of hydroxylamine groups is 1. The van der Waals surface area contributed by atoms with Gasteiger partial charge < -0.3 is 10.5 Å². The lowest BCUT2D eigenvalue weighted by Gasteiger charge is -2.38. The molecule has 0 spiro atoms.